The van der Waals surface area contributed by atoms with E-state index < -0.39 is 73.6 Å². The lowest BCUT2D eigenvalue weighted by molar-refractivity contribution is -0.386. The molecule has 2 aromatic rings. The summed E-state index contributed by atoms with van der Waals surface area (Å²) in [6.07, 6.45) is 0. The van der Waals surface area contributed by atoms with Gasteiger partial charge in [0.05, 0.1) is 25.9 Å². The van der Waals surface area contributed by atoms with E-state index in [9.17, 15) is 46.8 Å². The van der Waals surface area contributed by atoms with E-state index in [0.29, 0.717) is 12.1 Å². The third kappa shape index (κ3) is 3.40. The third-order valence-corrected chi connectivity index (χ3v) is 7.14. The van der Waals surface area contributed by atoms with Crippen LogP contribution >= 0.6 is 0 Å². The van der Waals surface area contributed by atoms with Crippen molar-refractivity contribution in [3.05, 3.63) is 55.6 Å². The standard InChI is InChI=1S/C15H12N4O10S2/c1-17(2)30(25,26)7-3-9-13(11(5-7)18(21)22)14-10(15(9)16-20)4-8(31(27,28)29)6-12(14)19(23)24/h3-6,20H,1-2H3,(H,27,28,29)/b16-15-. The van der Waals surface area contributed by atoms with Gasteiger partial charge in [0.1, 0.15) is 10.6 Å². The second-order valence-electron chi connectivity index (χ2n) is 6.46. The molecular weight excluding hydrogens is 460 g/mol. The molecule has 1 aliphatic rings. The SMILES string of the molecule is CN(C)S(=O)(=O)c1cc2c(c([N+](=O)[O-])c1)-c1c(cc(S(=O)(=O)O)cc1[N+](=O)[O-])/C2=N\O. The predicted octanol–water partition coefficient (Wildman–Crippen LogP) is 1.21. The average Bonchev–Trinajstić information content (AvgIpc) is 2.98. The number of sulfonamides is 1. The van der Waals surface area contributed by atoms with Gasteiger partial charge >= 0.3 is 0 Å². The second kappa shape index (κ2) is 7.05. The smallest absolute Gasteiger partial charge is 0.294 e. The summed E-state index contributed by atoms with van der Waals surface area (Å²) in [6, 6.07) is 2.84. The van der Waals surface area contributed by atoms with E-state index in [1.165, 1.54) is 14.1 Å². The number of benzene rings is 2. The molecule has 0 radical (unpaired) electrons. The van der Waals surface area contributed by atoms with Crippen LogP contribution in [0.15, 0.2) is 39.2 Å². The lowest BCUT2D eigenvalue weighted by atomic mass is 10.0. The van der Waals surface area contributed by atoms with Crippen molar-refractivity contribution in [2.75, 3.05) is 14.1 Å². The van der Waals surface area contributed by atoms with Gasteiger partial charge in [-0.15, -0.1) is 0 Å². The topological polar surface area (TPSA) is 211 Å². The first kappa shape index (κ1) is 22.2. The van der Waals surface area contributed by atoms with Gasteiger partial charge < -0.3 is 5.21 Å². The van der Waals surface area contributed by atoms with Gasteiger partial charge in [-0.25, -0.2) is 12.7 Å². The number of oxime groups is 1. The third-order valence-electron chi connectivity index (χ3n) is 4.51. The summed E-state index contributed by atoms with van der Waals surface area (Å²) >= 11 is 0. The highest BCUT2D eigenvalue weighted by molar-refractivity contribution is 7.89. The Morgan fingerprint density at radius 2 is 1.29 bits per heavy atom. The Kier molecular flexibility index (Phi) is 5.05. The van der Waals surface area contributed by atoms with Crippen LogP contribution in [-0.2, 0) is 20.1 Å². The van der Waals surface area contributed by atoms with E-state index in [4.69, 9.17) is 0 Å². The van der Waals surface area contributed by atoms with E-state index in [2.05, 4.69) is 5.16 Å². The van der Waals surface area contributed by atoms with Gasteiger partial charge in [0.2, 0.25) is 10.0 Å². The molecule has 0 unspecified atom stereocenters. The van der Waals surface area contributed by atoms with Crippen LogP contribution in [0.3, 0.4) is 0 Å². The first-order valence-corrected chi connectivity index (χ1v) is 10.9. The van der Waals surface area contributed by atoms with Gasteiger partial charge in [0, 0.05) is 37.4 Å². The van der Waals surface area contributed by atoms with Crippen molar-refractivity contribution < 1.29 is 36.4 Å². The van der Waals surface area contributed by atoms with E-state index in [1.807, 2.05) is 0 Å². The molecule has 0 bridgehead atoms. The van der Waals surface area contributed by atoms with Crippen molar-refractivity contribution in [2.24, 2.45) is 5.16 Å². The fourth-order valence-corrected chi connectivity index (χ4v) is 4.63. The summed E-state index contributed by atoms with van der Waals surface area (Å²) in [5.74, 6) is 0. The average molecular weight is 472 g/mol. The van der Waals surface area contributed by atoms with Crippen molar-refractivity contribution >= 4 is 37.2 Å². The molecule has 0 saturated heterocycles. The van der Waals surface area contributed by atoms with E-state index in [-0.39, 0.29) is 5.56 Å². The highest BCUT2D eigenvalue weighted by Gasteiger charge is 2.41. The number of rotatable bonds is 5. The van der Waals surface area contributed by atoms with Crippen LogP contribution in [0.5, 0.6) is 0 Å². The molecule has 164 valence electrons. The Morgan fingerprint density at radius 1 is 0.871 bits per heavy atom. The normalized spacial score (nSPS) is 14.5. The fraction of sp³-hybridized carbons (Fsp3) is 0.133. The molecule has 0 saturated carbocycles. The zero-order chi connectivity index (χ0) is 23.5. The number of hydrogen-bond donors (Lipinski definition) is 2. The predicted molar refractivity (Wildman–Crippen MR) is 103 cm³/mol. The van der Waals surface area contributed by atoms with Crippen LogP contribution < -0.4 is 0 Å². The number of nitro benzene ring substituents is 2. The number of nitrogens with zero attached hydrogens (tertiary/aromatic N) is 4. The van der Waals surface area contributed by atoms with Crippen LogP contribution in [0.1, 0.15) is 11.1 Å². The molecule has 0 fully saturated rings. The van der Waals surface area contributed by atoms with E-state index in [1.54, 1.807) is 0 Å². The molecule has 14 nitrogen and oxygen atoms in total. The molecule has 0 aliphatic heterocycles. The zero-order valence-corrected chi connectivity index (χ0v) is 17.2. The monoisotopic (exact) mass is 472 g/mol. The first-order valence-electron chi connectivity index (χ1n) is 8.00. The van der Waals surface area contributed by atoms with Crippen LogP contribution in [-0.4, -0.2) is 60.6 Å². The maximum absolute atomic E-state index is 12.5. The van der Waals surface area contributed by atoms with Gasteiger partial charge in [0.25, 0.3) is 21.5 Å². The molecule has 3 rings (SSSR count). The Hall–Kier alpha value is -3.47. The maximum Gasteiger partial charge on any atom is 0.294 e. The van der Waals surface area contributed by atoms with Gasteiger partial charge in [-0.2, -0.15) is 8.42 Å². The van der Waals surface area contributed by atoms with Crippen molar-refractivity contribution in [1.82, 2.24) is 4.31 Å². The highest BCUT2D eigenvalue weighted by atomic mass is 32.2. The van der Waals surface area contributed by atoms with Crippen molar-refractivity contribution in [2.45, 2.75) is 9.79 Å². The van der Waals surface area contributed by atoms with Gasteiger partial charge in [-0.05, 0) is 12.1 Å². The number of nitro groups is 2. The number of hydrogen-bond acceptors (Lipinski definition) is 10. The van der Waals surface area contributed by atoms with Crippen LogP contribution in [0, 0.1) is 20.2 Å². The molecule has 0 atom stereocenters. The summed E-state index contributed by atoms with van der Waals surface area (Å²) in [7, 11) is -6.81. The van der Waals surface area contributed by atoms with Crippen LogP contribution in [0.2, 0.25) is 0 Å². The quantitative estimate of drug-likeness (QED) is 0.234. The van der Waals surface area contributed by atoms with Crippen molar-refractivity contribution in [3.63, 3.8) is 0 Å². The van der Waals surface area contributed by atoms with E-state index in [0.717, 1.165) is 16.4 Å². The van der Waals surface area contributed by atoms with Crippen molar-refractivity contribution in [1.29, 1.82) is 0 Å². The molecule has 0 spiro atoms. The Labute approximate surface area is 174 Å². The largest absolute Gasteiger partial charge is 0.410 e. The molecule has 16 heteroatoms. The zero-order valence-electron chi connectivity index (χ0n) is 15.6. The first-order chi connectivity index (χ1) is 14.2. The van der Waals surface area contributed by atoms with Crippen molar-refractivity contribution in [3.8, 4) is 11.1 Å². The Morgan fingerprint density at radius 3 is 1.65 bits per heavy atom. The maximum atomic E-state index is 12.5. The minimum atomic E-state index is -4.95. The fourth-order valence-electron chi connectivity index (χ4n) is 3.15. The second-order valence-corrected chi connectivity index (χ2v) is 10.0. The molecule has 31 heavy (non-hydrogen) atoms. The molecule has 0 amide bonds. The summed E-state index contributed by atoms with van der Waals surface area (Å²) in [4.78, 5) is 19.8. The Bertz CT molecular complexity index is 1410. The molecule has 0 aromatic heterocycles. The van der Waals surface area contributed by atoms with Gasteiger partial charge in [0.15, 0.2) is 0 Å². The summed E-state index contributed by atoms with van der Waals surface area (Å²) in [6.45, 7) is 0. The summed E-state index contributed by atoms with van der Waals surface area (Å²) in [5.41, 5.74) is -3.97. The Balaban J connectivity index is 2.55. The van der Waals surface area contributed by atoms with Crippen LogP contribution in [0.4, 0.5) is 11.4 Å². The highest BCUT2D eigenvalue weighted by Crippen LogP contribution is 2.49. The number of fused-ring (bicyclic) bond motifs is 3. The van der Waals surface area contributed by atoms with Crippen LogP contribution in [0.25, 0.3) is 11.1 Å². The lowest BCUT2D eigenvalue weighted by Gasteiger charge is -2.13. The molecule has 2 aromatic carbocycles. The molecular formula is C15H12N4O10S2. The molecule has 0 heterocycles. The molecule has 1 aliphatic carbocycles. The van der Waals surface area contributed by atoms with Gasteiger partial charge in [-0.1, -0.05) is 5.16 Å². The summed E-state index contributed by atoms with van der Waals surface area (Å²) in [5, 5.41) is 35.7. The minimum Gasteiger partial charge on any atom is -0.410 e. The van der Waals surface area contributed by atoms with E-state index >= 15 is 0 Å². The molecule has 2 N–H and O–H groups in total. The minimum absolute atomic E-state index is 0.345. The lowest BCUT2D eigenvalue weighted by Crippen LogP contribution is -2.22. The van der Waals surface area contributed by atoms with Gasteiger partial charge in [-0.3, -0.25) is 24.8 Å². The summed E-state index contributed by atoms with van der Waals surface area (Å²) < 4.78 is 58.2.